The molecule has 17 heavy (non-hydrogen) atoms. The largest absolute Gasteiger partial charge is 0.364 e. The van der Waals surface area contributed by atoms with Crippen LogP contribution in [-0.4, -0.2) is 15.7 Å². The van der Waals surface area contributed by atoms with Gasteiger partial charge in [-0.15, -0.1) is 0 Å². The highest BCUT2D eigenvalue weighted by molar-refractivity contribution is 5.67. The van der Waals surface area contributed by atoms with E-state index in [2.05, 4.69) is 6.07 Å². The zero-order valence-electron chi connectivity index (χ0n) is 9.46. The van der Waals surface area contributed by atoms with Gasteiger partial charge < -0.3 is 10.0 Å². The van der Waals surface area contributed by atoms with E-state index in [9.17, 15) is 10.4 Å². The molecule has 0 saturated carbocycles. The molecular formula is C14H12N2O. The molecule has 1 N–H and O–H groups in total. The van der Waals surface area contributed by atoms with E-state index in [-0.39, 0.29) is 0 Å². The molecule has 2 atom stereocenters. The predicted molar refractivity (Wildman–Crippen MR) is 64.4 cm³/mol. The maximum atomic E-state index is 10.6. The molecule has 0 aromatic heterocycles. The average Bonchev–Trinajstić information content (AvgIpc) is 2.90. The van der Waals surface area contributed by atoms with Crippen molar-refractivity contribution in [3.8, 4) is 6.07 Å². The fraction of sp³-hybridized carbons (Fsp3) is 0.214. The smallest absolute Gasteiger partial charge is 0.208 e. The van der Waals surface area contributed by atoms with Crippen molar-refractivity contribution in [3.63, 3.8) is 0 Å². The van der Waals surface area contributed by atoms with Crippen molar-refractivity contribution < 1.29 is 5.11 Å². The van der Waals surface area contributed by atoms with Crippen LogP contribution in [0.1, 0.15) is 18.1 Å². The van der Waals surface area contributed by atoms with Crippen molar-refractivity contribution in [2.75, 3.05) is 0 Å². The van der Waals surface area contributed by atoms with Gasteiger partial charge in [-0.3, -0.25) is 0 Å². The van der Waals surface area contributed by atoms with Crippen molar-refractivity contribution >= 4 is 6.08 Å². The van der Waals surface area contributed by atoms with Crippen LogP contribution in [0.25, 0.3) is 6.08 Å². The van der Waals surface area contributed by atoms with E-state index in [1.807, 2.05) is 37.3 Å². The summed E-state index contributed by atoms with van der Waals surface area (Å²) in [6.45, 7) is 1.84. The number of fused-ring (bicyclic) bond motifs is 3. The minimum absolute atomic E-state index is 0.866. The SMILES string of the molecule is C/C=C/C1(O)N2C=Cc3ccccc3C21C#N. The summed E-state index contributed by atoms with van der Waals surface area (Å²) in [4.78, 5) is 1.68. The molecule has 2 aliphatic rings. The molecule has 0 bridgehead atoms. The van der Waals surface area contributed by atoms with Crippen molar-refractivity contribution in [1.29, 1.82) is 5.26 Å². The first-order chi connectivity index (χ1) is 8.20. The average molecular weight is 224 g/mol. The zero-order valence-corrected chi connectivity index (χ0v) is 9.46. The highest BCUT2D eigenvalue weighted by Gasteiger charge is 2.76. The normalized spacial score (nSPS) is 33.1. The first-order valence-electron chi connectivity index (χ1n) is 5.55. The number of benzene rings is 1. The number of aliphatic hydroxyl groups is 1. The van der Waals surface area contributed by atoms with Crippen molar-refractivity contribution in [2.45, 2.75) is 18.2 Å². The minimum atomic E-state index is -1.21. The summed E-state index contributed by atoms with van der Waals surface area (Å²) >= 11 is 0. The lowest BCUT2D eigenvalue weighted by Gasteiger charge is -2.14. The Bertz CT molecular complexity index is 584. The van der Waals surface area contributed by atoms with Crippen LogP contribution in [0.4, 0.5) is 0 Å². The molecular weight excluding hydrogens is 212 g/mol. The van der Waals surface area contributed by atoms with Crippen molar-refractivity contribution in [3.05, 3.63) is 53.7 Å². The maximum absolute atomic E-state index is 10.6. The summed E-state index contributed by atoms with van der Waals surface area (Å²) in [6.07, 6.45) is 7.15. The molecule has 2 heterocycles. The van der Waals surface area contributed by atoms with E-state index in [0.717, 1.165) is 11.1 Å². The summed E-state index contributed by atoms with van der Waals surface area (Å²) in [5, 5.41) is 20.0. The lowest BCUT2D eigenvalue weighted by molar-refractivity contribution is 0.148. The molecule has 1 aromatic rings. The van der Waals surface area contributed by atoms with Gasteiger partial charge in [-0.1, -0.05) is 30.3 Å². The summed E-state index contributed by atoms with van der Waals surface area (Å²) in [5.41, 5.74) is -0.305. The second-order valence-electron chi connectivity index (χ2n) is 4.32. The standard InChI is InChI=1S/C14H12N2O/c1-2-8-14(17)13(10-15)12-6-4-3-5-11(12)7-9-16(13)14/h2-9,17H,1H3/b8-2+. The topological polar surface area (TPSA) is 47.0 Å². The second kappa shape index (κ2) is 2.99. The first kappa shape index (κ1) is 10.1. The van der Waals surface area contributed by atoms with Gasteiger partial charge in [-0.05, 0) is 24.6 Å². The maximum Gasteiger partial charge on any atom is 0.208 e. The molecule has 2 unspecified atom stereocenters. The Balaban J connectivity index is 2.25. The van der Waals surface area contributed by atoms with Gasteiger partial charge in [0.15, 0.2) is 0 Å². The molecule has 1 saturated heterocycles. The van der Waals surface area contributed by atoms with E-state index in [1.54, 1.807) is 23.3 Å². The molecule has 2 aliphatic heterocycles. The number of rotatable bonds is 1. The quantitative estimate of drug-likeness (QED) is 0.586. The van der Waals surface area contributed by atoms with Crippen LogP contribution in [0.3, 0.4) is 0 Å². The van der Waals surface area contributed by atoms with E-state index in [4.69, 9.17) is 0 Å². The van der Waals surface area contributed by atoms with Gasteiger partial charge in [0, 0.05) is 11.8 Å². The summed E-state index contributed by atoms with van der Waals surface area (Å²) in [6, 6.07) is 9.94. The van der Waals surface area contributed by atoms with Gasteiger partial charge in [0.2, 0.25) is 11.3 Å². The Morgan fingerprint density at radius 3 is 2.88 bits per heavy atom. The van der Waals surface area contributed by atoms with E-state index in [0.29, 0.717) is 0 Å². The molecule has 1 fully saturated rings. The van der Waals surface area contributed by atoms with Crippen LogP contribution in [0.5, 0.6) is 0 Å². The summed E-state index contributed by atoms with van der Waals surface area (Å²) < 4.78 is 0. The lowest BCUT2D eigenvalue weighted by atomic mass is 9.89. The first-order valence-corrected chi connectivity index (χ1v) is 5.55. The predicted octanol–water partition coefficient (Wildman–Crippen LogP) is 1.97. The van der Waals surface area contributed by atoms with Crippen LogP contribution >= 0.6 is 0 Å². The van der Waals surface area contributed by atoms with Crippen LogP contribution in [0.2, 0.25) is 0 Å². The third kappa shape index (κ3) is 0.943. The third-order valence-corrected chi connectivity index (χ3v) is 3.53. The number of nitrogens with zero attached hydrogens (tertiary/aromatic N) is 2. The van der Waals surface area contributed by atoms with Crippen LogP contribution in [0.15, 0.2) is 42.6 Å². The number of nitriles is 1. The minimum Gasteiger partial charge on any atom is -0.364 e. The number of allylic oxidation sites excluding steroid dienone is 1. The third-order valence-electron chi connectivity index (χ3n) is 3.53. The Morgan fingerprint density at radius 1 is 1.41 bits per heavy atom. The Morgan fingerprint density at radius 2 is 2.18 bits per heavy atom. The van der Waals surface area contributed by atoms with E-state index < -0.39 is 11.3 Å². The molecule has 3 heteroatoms. The van der Waals surface area contributed by atoms with Crippen LogP contribution < -0.4 is 0 Å². The van der Waals surface area contributed by atoms with Gasteiger partial charge >= 0.3 is 0 Å². The molecule has 84 valence electrons. The lowest BCUT2D eigenvalue weighted by Crippen LogP contribution is -2.21. The molecule has 0 spiro atoms. The highest BCUT2D eigenvalue weighted by Crippen LogP contribution is 2.60. The molecule has 3 rings (SSSR count). The van der Waals surface area contributed by atoms with Crippen molar-refractivity contribution in [1.82, 2.24) is 4.90 Å². The molecule has 0 aliphatic carbocycles. The fourth-order valence-electron chi connectivity index (χ4n) is 2.70. The Labute approximate surface area is 99.9 Å². The van der Waals surface area contributed by atoms with Gasteiger partial charge in [0.05, 0.1) is 0 Å². The fourth-order valence-corrected chi connectivity index (χ4v) is 2.70. The summed E-state index contributed by atoms with van der Waals surface area (Å²) in [7, 11) is 0. The molecule has 0 radical (unpaired) electrons. The molecule has 0 amide bonds. The van der Waals surface area contributed by atoms with E-state index in [1.165, 1.54) is 0 Å². The van der Waals surface area contributed by atoms with Gasteiger partial charge in [-0.25, -0.2) is 0 Å². The molecule has 3 nitrogen and oxygen atoms in total. The zero-order chi connectivity index (χ0) is 12.1. The number of hydrogen-bond acceptors (Lipinski definition) is 3. The van der Waals surface area contributed by atoms with Gasteiger partial charge in [-0.2, -0.15) is 5.26 Å². The van der Waals surface area contributed by atoms with Gasteiger partial charge in [0.1, 0.15) is 6.07 Å². The number of hydrogen-bond donors (Lipinski definition) is 1. The van der Waals surface area contributed by atoms with Gasteiger partial charge in [0.25, 0.3) is 0 Å². The second-order valence-corrected chi connectivity index (χ2v) is 4.32. The van der Waals surface area contributed by atoms with E-state index >= 15 is 0 Å². The Hall–Kier alpha value is -2.05. The summed E-state index contributed by atoms with van der Waals surface area (Å²) in [5.74, 6) is 0. The van der Waals surface area contributed by atoms with Crippen molar-refractivity contribution in [2.24, 2.45) is 0 Å². The van der Waals surface area contributed by atoms with Crippen LogP contribution in [0, 0.1) is 11.3 Å². The monoisotopic (exact) mass is 224 g/mol. The molecule has 1 aromatic carbocycles. The Kier molecular flexibility index (Phi) is 1.78. The highest BCUT2D eigenvalue weighted by atomic mass is 16.3. The van der Waals surface area contributed by atoms with Crippen LogP contribution in [-0.2, 0) is 5.54 Å².